The lowest BCUT2D eigenvalue weighted by molar-refractivity contribution is -0.152. The molecule has 0 N–H and O–H groups in total. The highest BCUT2D eigenvalue weighted by Gasteiger charge is 2.48. The van der Waals surface area contributed by atoms with Gasteiger partial charge in [0.25, 0.3) is 0 Å². The van der Waals surface area contributed by atoms with Crippen LogP contribution in [0.25, 0.3) is 0 Å². The largest absolute Gasteiger partial charge is 0.467 e. The van der Waals surface area contributed by atoms with Gasteiger partial charge in [-0.1, -0.05) is 74.5 Å². The van der Waals surface area contributed by atoms with E-state index in [0.717, 1.165) is 11.1 Å². The van der Waals surface area contributed by atoms with E-state index in [-0.39, 0.29) is 37.2 Å². The van der Waals surface area contributed by atoms with Crippen molar-refractivity contribution in [2.24, 2.45) is 10.9 Å². The number of aliphatic imine (C=N–C) groups is 1. The highest BCUT2D eigenvalue weighted by Crippen LogP contribution is 2.32. The first-order valence-corrected chi connectivity index (χ1v) is 15.0. The van der Waals surface area contributed by atoms with Gasteiger partial charge in [0, 0.05) is 12.3 Å². The number of nitrogens with zero attached hydrogens (tertiary/aromatic N) is 3. The monoisotopic (exact) mass is 593 g/mol. The molecule has 1 saturated heterocycles. The number of amides is 1. The molecule has 0 radical (unpaired) electrons. The maximum Gasteiger partial charge on any atom is 0.411 e. The molecule has 2 aromatic rings. The normalized spacial score (nSPS) is 18.9. The van der Waals surface area contributed by atoms with Crippen LogP contribution < -0.4 is 0 Å². The van der Waals surface area contributed by atoms with E-state index >= 15 is 0 Å². The molecule has 1 fully saturated rings. The van der Waals surface area contributed by atoms with Crippen LogP contribution in [0.15, 0.2) is 65.7 Å². The van der Waals surface area contributed by atoms with E-state index in [0.29, 0.717) is 19.3 Å². The molecule has 4 atom stereocenters. The maximum absolute atomic E-state index is 13.8. The number of carbonyl (C=O) groups is 3. The van der Waals surface area contributed by atoms with Crippen molar-refractivity contribution in [2.45, 2.75) is 97.2 Å². The zero-order valence-electron chi connectivity index (χ0n) is 26.6. The Labute approximate surface area is 256 Å². The Morgan fingerprint density at radius 3 is 2.09 bits per heavy atom. The van der Waals surface area contributed by atoms with E-state index < -0.39 is 29.7 Å². The lowest BCUT2D eigenvalue weighted by Crippen LogP contribution is -2.48. The second kappa shape index (κ2) is 15.7. The number of methoxy groups -OCH3 is 1. The Morgan fingerprint density at radius 2 is 1.53 bits per heavy atom. The molecule has 1 aliphatic rings. The highest BCUT2D eigenvalue weighted by atomic mass is 16.6. The second-order valence-corrected chi connectivity index (χ2v) is 12.4. The van der Waals surface area contributed by atoms with Crippen LogP contribution >= 0.6 is 0 Å². The van der Waals surface area contributed by atoms with Crippen LogP contribution in [0, 0.1) is 5.92 Å². The van der Waals surface area contributed by atoms with E-state index in [1.807, 2.05) is 81.4 Å². The Kier molecular flexibility index (Phi) is 12.3. The molecule has 43 heavy (non-hydrogen) atoms. The molecule has 0 aliphatic carbocycles. The van der Waals surface area contributed by atoms with E-state index in [1.54, 1.807) is 18.0 Å². The van der Waals surface area contributed by atoms with E-state index in [2.05, 4.69) is 23.7 Å². The summed E-state index contributed by atoms with van der Waals surface area (Å²) in [5, 5.41) is 0. The zero-order valence-corrected chi connectivity index (χ0v) is 26.6. The average Bonchev–Trinajstić information content (AvgIpc) is 3.31. The number of rotatable bonds is 12. The molecular weight excluding hydrogens is 546 g/mol. The summed E-state index contributed by atoms with van der Waals surface area (Å²) in [6, 6.07) is 17.6. The second-order valence-electron chi connectivity index (χ2n) is 12.4. The molecule has 0 spiro atoms. The fourth-order valence-corrected chi connectivity index (χ4v) is 5.25. The minimum Gasteiger partial charge on any atom is -0.467 e. The maximum atomic E-state index is 13.8. The van der Waals surface area contributed by atoms with Crippen LogP contribution in [-0.4, -0.2) is 77.6 Å². The standard InChI is InChI=1S/C34H47N3O6/c1-24(2)20-30(32(39)42-22-27-16-12-9-13-17-27)36-23-37(33(40)43-34(4,5)6)29(21-26-14-10-8-11-15-26)28(36)18-19-35-25(3)31(38)41-7/h8-17,19,24-25,28-30H,18,20-23H2,1-7H3/t25-,28+,29-,30-/m0/s1. The van der Waals surface area contributed by atoms with Crippen LogP contribution in [0.5, 0.6) is 0 Å². The Bertz CT molecular complexity index is 1210. The van der Waals surface area contributed by atoms with Crippen LogP contribution in [0.1, 0.15) is 65.5 Å². The summed E-state index contributed by atoms with van der Waals surface area (Å²) < 4.78 is 16.5. The molecule has 0 bridgehead atoms. The van der Waals surface area contributed by atoms with Crippen molar-refractivity contribution in [3.8, 4) is 0 Å². The van der Waals surface area contributed by atoms with Gasteiger partial charge in [-0.25, -0.2) is 9.59 Å². The summed E-state index contributed by atoms with van der Waals surface area (Å²) in [6.45, 7) is 11.7. The lowest BCUT2D eigenvalue weighted by atomic mass is 9.94. The van der Waals surface area contributed by atoms with E-state index in [4.69, 9.17) is 14.2 Å². The fraction of sp³-hybridized carbons (Fsp3) is 0.529. The van der Waals surface area contributed by atoms with Gasteiger partial charge >= 0.3 is 18.0 Å². The zero-order chi connectivity index (χ0) is 31.6. The van der Waals surface area contributed by atoms with Crippen molar-refractivity contribution in [3.05, 3.63) is 71.8 Å². The minimum atomic E-state index is -0.694. The van der Waals surface area contributed by atoms with Gasteiger partial charge in [-0.15, -0.1) is 0 Å². The third-order valence-electron chi connectivity index (χ3n) is 7.31. The van der Waals surface area contributed by atoms with Gasteiger partial charge < -0.3 is 14.2 Å². The molecule has 234 valence electrons. The van der Waals surface area contributed by atoms with Crippen molar-refractivity contribution in [1.29, 1.82) is 0 Å². The summed E-state index contributed by atoms with van der Waals surface area (Å²) in [7, 11) is 1.33. The summed E-state index contributed by atoms with van der Waals surface area (Å²) in [5.41, 5.74) is 1.26. The van der Waals surface area contributed by atoms with Crippen LogP contribution in [-0.2, 0) is 36.8 Å². The quantitative estimate of drug-likeness (QED) is 0.178. The molecule has 1 aliphatic heterocycles. The van der Waals surface area contributed by atoms with Gasteiger partial charge in [0.15, 0.2) is 0 Å². The Morgan fingerprint density at radius 1 is 0.930 bits per heavy atom. The van der Waals surface area contributed by atoms with Crippen LogP contribution in [0.4, 0.5) is 4.79 Å². The lowest BCUT2D eigenvalue weighted by Gasteiger charge is -2.32. The molecule has 0 saturated carbocycles. The first-order chi connectivity index (χ1) is 20.4. The Balaban J connectivity index is 2.00. The number of benzene rings is 2. The summed E-state index contributed by atoms with van der Waals surface area (Å²) >= 11 is 0. The van der Waals surface area contributed by atoms with Gasteiger partial charge in [0.2, 0.25) is 0 Å². The molecule has 1 heterocycles. The molecule has 9 heteroatoms. The van der Waals surface area contributed by atoms with Gasteiger partial charge in [0.05, 0.1) is 19.8 Å². The number of ether oxygens (including phenoxy) is 3. The van der Waals surface area contributed by atoms with Crippen LogP contribution in [0.3, 0.4) is 0 Å². The topological polar surface area (TPSA) is 97.7 Å². The predicted molar refractivity (Wildman–Crippen MR) is 167 cm³/mol. The van der Waals surface area contributed by atoms with Gasteiger partial charge in [-0.3, -0.25) is 19.6 Å². The van der Waals surface area contributed by atoms with Gasteiger partial charge in [-0.05, 0) is 64.0 Å². The number of hydrogen-bond acceptors (Lipinski definition) is 8. The van der Waals surface area contributed by atoms with E-state index in [1.165, 1.54) is 7.11 Å². The molecule has 9 nitrogen and oxygen atoms in total. The smallest absolute Gasteiger partial charge is 0.411 e. The van der Waals surface area contributed by atoms with Gasteiger partial charge in [-0.2, -0.15) is 0 Å². The summed E-state index contributed by atoms with van der Waals surface area (Å²) in [5.74, 6) is -0.587. The fourth-order valence-electron chi connectivity index (χ4n) is 5.25. The average molecular weight is 594 g/mol. The molecule has 0 unspecified atom stereocenters. The van der Waals surface area contributed by atoms with Crippen molar-refractivity contribution >= 4 is 24.2 Å². The first-order valence-electron chi connectivity index (χ1n) is 15.0. The van der Waals surface area contributed by atoms with Crippen molar-refractivity contribution in [2.75, 3.05) is 13.8 Å². The molecule has 0 aromatic heterocycles. The predicted octanol–water partition coefficient (Wildman–Crippen LogP) is 5.66. The SMILES string of the molecule is COC(=O)[C@H](C)N=CC[C@@H]1[C@H](Cc2ccccc2)N(C(=O)OC(C)(C)C)CN1[C@@H](CC(C)C)C(=O)OCc1ccccc1. The van der Waals surface area contributed by atoms with Crippen molar-refractivity contribution < 1.29 is 28.6 Å². The van der Waals surface area contributed by atoms with E-state index in [9.17, 15) is 14.4 Å². The molecule has 1 amide bonds. The summed E-state index contributed by atoms with van der Waals surface area (Å²) in [4.78, 5) is 47.6. The summed E-state index contributed by atoms with van der Waals surface area (Å²) in [6.07, 6.45) is 2.76. The molecular formula is C34H47N3O6. The highest BCUT2D eigenvalue weighted by molar-refractivity contribution is 5.78. The van der Waals surface area contributed by atoms with Crippen molar-refractivity contribution in [1.82, 2.24) is 9.80 Å². The minimum absolute atomic E-state index is 0.161. The molecule has 3 rings (SSSR count). The third kappa shape index (κ3) is 10.2. The van der Waals surface area contributed by atoms with Gasteiger partial charge in [0.1, 0.15) is 24.3 Å². The third-order valence-corrected chi connectivity index (χ3v) is 7.31. The number of esters is 2. The Hall–Kier alpha value is -3.72. The van der Waals surface area contributed by atoms with Crippen LogP contribution in [0.2, 0.25) is 0 Å². The number of carbonyl (C=O) groups excluding carboxylic acids is 3. The molecule has 2 aromatic carbocycles. The number of hydrogen-bond donors (Lipinski definition) is 0. The van der Waals surface area contributed by atoms with Crippen molar-refractivity contribution in [3.63, 3.8) is 0 Å². The first kappa shape index (κ1) is 33.8.